The Morgan fingerprint density at radius 2 is 1.90 bits per heavy atom. The molecule has 0 aliphatic heterocycles. The van der Waals surface area contributed by atoms with Crippen molar-refractivity contribution in [3.63, 3.8) is 0 Å². The maximum absolute atomic E-state index is 11.9. The normalized spacial score (nSPS) is 11.0. The smallest absolute Gasteiger partial charge is 0.348 e. The summed E-state index contributed by atoms with van der Waals surface area (Å²) in [4.78, 5) is 16.3. The molecule has 0 aliphatic rings. The number of hydrogen-bond acceptors (Lipinski definition) is 4. The first-order valence-corrected chi connectivity index (χ1v) is 7.86. The van der Waals surface area contributed by atoms with Gasteiger partial charge in [0.2, 0.25) is 0 Å². The Morgan fingerprint density at radius 3 is 2.71 bits per heavy atom. The summed E-state index contributed by atoms with van der Waals surface area (Å²) in [7, 11) is 0. The molecular formula is C17H24N2O2. The van der Waals surface area contributed by atoms with Gasteiger partial charge < -0.3 is 9.73 Å². The molecule has 1 N–H and O–H groups in total. The van der Waals surface area contributed by atoms with Crippen LogP contribution in [0.5, 0.6) is 0 Å². The second kappa shape index (κ2) is 7.81. The van der Waals surface area contributed by atoms with Crippen molar-refractivity contribution in [2.45, 2.75) is 52.4 Å². The first-order valence-electron chi connectivity index (χ1n) is 7.86. The largest absolute Gasteiger partial charge is 0.389 e. The summed E-state index contributed by atoms with van der Waals surface area (Å²) in [6.07, 6.45) is 7.42. The molecule has 0 saturated carbocycles. The lowest BCUT2D eigenvalue weighted by molar-refractivity contribution is 0.513. The van der Waals surface area contributed by atoms with Gasteiger partial charge in [-0.3, -0.25) is 0 Å². The Morgan fingerprint density at radius 1 is 1.14 bits per heavy atom. The van der Waals surface area contributed by atoms with E-state index in [1.54, 1.807) is 0 Å². The third kappa shape index (κ3) is 4.59. The van der Waals surface area contributed by atoms with Gasteiger partial charge in [-0.25, -0.2) is 4.79 Å². The molecule has 0 radical (unpaired) electrons. The molecule has 2 aromatic rings. The van der Waals surface area contributed by atoms with Gasteiger partial charge in [-0.15, -0.1) is 0 Å². The van der Waals surface area contributed by atoms with Crippen LogP contribution in [0.2, 0.25) is 0 Å². The minimum Gasteiger partial charge on any atom is -0.389 e. The van der Waals surface area contributed by atoms with E-state index in [0.717, 1.165) is 18.5 Å². The lowest BCUT2D eigenvalue weighted by atomic mass is 10.1. The zero-order chi connectivity index (χ0) is 15.1. The average molecular weight is 288 g/mol. The SMILES string of the molecule is CCCCCCCCNc1nc2ccc(C)cc2c(=O)o1. The summed E-state index contributed by atoms with van der Waals surface area (Å²) in [5, 5.41) is 3.65. The second-order valence-corrected chi connectivity index (χ2v) is 5.52. The van der Waals surface area contributed by atoms with Crippen molar-refractivity contribution < 1.29 is 4.42 Å². The van der Waals surface area contributed by atoms with Crippen LogP contribution in [0.25, 0.3) is 10.9 Å². The van der Waals surface area contributed by atoms with Crippen LogP contribution in [0.15, 0.2) is 27.4 Å². The van der Waals surface area contributed by atoms with E-state index in [4.69, 9.17) is 4.42 Å². The molecule has 0 unspecified atom stereocenters. The highest BCUT2D eigenvalue weighted by Gasteiger charge is 2.05. The van der Waals surface area contributed by atoms with Gasteiger partial charge in [0.25, 0.3) is 6.01 Å². The van der Waals surface area contributed by atoms with E-state index in [1.165, 1.54) is 32.1 Å². The Hall–Kier alpha value is -1.84. The van der Waals surface area contributed by atoms with Gasteiger partial charge in [0.05, 0.1) is 10.9 Å². The molecular weight excluding hydrogens is 264 g/mol. The molecule has 1 heterocycles. The minimum absolute atomic E-state index is 0.324. The zero-order valence-corrected chi connectivity index (χ0v) is 12.9. The molecule has 114 valence electrons. The second-order valence-electron chi connectivity index (χ2n) is 5.52. The van der Waals surface area contributed by atoms with Gasteiger partial charge in [0.15, 0.2) is 0 Å². The van der Waals surface area contributed by atoms with Crippen LogP contribution < -0.4 is 10.9 Å². The molecule has 0 fully saturated rings. The number of fused-ring (bicyclic) bond motifs is 1. The Labute approximate surface area is 125 Å². The maximum atomic E-state index is 11.9. The van der Waals surface area contributed by atoms with Crippen LogP contribution in [0, 0.1) is 6.92 Å². The van der Waals surface area contributed by atoms with Crippen molar-refractivity contribution in [3.8, 4) is 0 Å². The van der Waals surface area contributed by atoms with Crippen LogP contribution in [-0.2, 0) is 0 Å². The summed E-state index contributed by atoms with van der Waals surface area (Å²) in [5.41, 5.74) is 1.39. The van der Waals surface area contributed by atoms with Gasteiger partial charge in [0.1, 0.15) is 0 Å². The zero-order valence-electron chi connectivity index (χ0n) is 12.9. The van der Waals surface area contributed by atoms with Crippen molar-refractivity contribution in [1.29, 1.82) is 0 Å². The summed E-state index contributed by atoms with van der Waals surface area (Å²) in [5.74, 6) is 0. The Kier molecular flexibility index (Phi) is 5.78. The van der Waals surface area contributed by atoms with Gasteiger partial charge in [-0.05, 0) is 25.5 Å². The highest BCUT2D eigenvalue weighted by Crippen LogP contribution is 2.13. The van der Waals surface area contributed by atoms with E-state index < -0.39 is 0 Å². The molecule has 4 heteroatoms. The quantitative estimate of drug-likeness (QED) is 0.737. The van der Waals surface area contributed by atoms with Crippen LogP contribution in [0.3, 0.4) is 0 Å². The molecule has 0 atom stereocenters. The van der Waals surface area contributed by atoms with Crippen molar-refractivity contribution in [2.75, 3.05) is 11.9 Å². The number of hydrogen-bond donors (Lipinski definition) is 1. The van der Waals surface area contributed by atoms with E-state index in [9.17, 15) is 4.79 Å². The topological polar surface area (TPSA) is 55.1 Å². The molecule has 21 heavy (non-hydrogen) atoms. The lowest BCUT2D eigenvalue weighted by Crippen LogP contribution is -2.09. The molecule has 0 saturated heterocycles. The average Bonchev–Trinajstić information content (AvgIpc) is 2.47. The summed E-state index contributed by atoms with van der Waals surface area (Å²) >= 11 is 0. The molecule has 2 rings (SSSR count). The van der Waals surface area contributed by atoms with E-state index >= 15 is 0 Å². The van der Waals surface area contributed by atoms with E-state index in [0.29, 0.717) is 16.9 Å². The van der Waals surface area contributed by atoms with Crippen LogP contribution >= 0.6 is 0 Å². The number of unbranched alkanes of at least 4 members (excludes halogenated alkanes) is 5. The first-order chi connectivity index (χ1) is 10.2. The third-order valence-corrected chi connectivity index (χ3v) is 3.59. The number of anilines is 1. The molecule has 1 aromatic carbocycles. The van der Waals surface area contributed by atoms with Crippen molar-refractivity contribution in [1.82, 2.24) is 4.98 Å². The van der Waals surface area contributed by atoms with Gasteiger partial charge in [-0.2, -0.15) is 4.98 Å². The van der Waals surface area contributed by atoms with Gasteiger partial charge in [0, 0.05) is 6.54 Å². The molecule has 0 bridgehead atoms. The van der Waals surface area contributed by atoms with E-state index in [2.05, 4.69) is 17.2 Å². The monoisotopic (exact) mass is 288 g/mol. The fourth-order valence-electron chi connectivity index (χ4n) is 2.36. The van der Waals surface area contributed by atoms with Crippen LogP contribution in [0.4, 0.5) is 6.01 Å². The summed E-state index contributed by atoms with van der Waals surface area (Å²) in [6.45, 7) is 4.96. The molecule has 0 spiro atoms. The summed E-state index contributed by atoms with van der Waals surface area (Å²) < 4.78 is 5.21. The molecule has 4 nitrogen and oxygen atoms in total. The molecule has 0 amide bonds. The van der Waals surface area contributed by atoms with E-state index in [-0.39, 0.29) is 5.63 Å². The highest BCUT2D eigenvalue weighted by molar-refractivity contribution is 5.78. The predicted molar refractivity (Wildman–Crippen MR) is 86.9 cm³/mol. The fraction of sp³-hybridized carbons (Fsp3) is 0.529. The van der Waals surface area contributed by atoms with Crippen molar-refractivity contribution in [3.05, 3.63) is 34.2 Å². The number of nitrogens with zero attached hydrogens (tertiary/aromatic N) is 1. The minimum atomic E-state index is -0.325. The van der Waals surface area contributed by atoms with Gasteiger partial charge >= 0.3 is 5.63 Å². The van der Waals surface area contributed by atoms with E-state index in [1.807, 2.05) is 25.1 Å². The lowest BCUT2D eigenvalue weighted by Gasteiger charge is -2.05. The molecule has 0 aliphatic carbocycles. The number of nitrogens with one attached hydrogen (secondary N) is 1. The maximum Gasteiger partial charge on any atom is 0.348 e. The van der Waals surface area contributed by atoms with Crippen LogP contribution in [-0.4, -0.2) is 11.5 Å². The highest BCUT2D eigenvalue weighted by atomic mass is 16.4. The number of aromatic nitrogens is 1. The third-order valence-electron chi connectivity index (χ3n) is 3.59. The van der Waals surface area contributed by atoms with Gasteiger partial charge in [-0.1, -0.05) is 50.7 Å². The van der Waals surface area contributed by atoms with Crippen molar-refractivity contribution in [2.24, 2.45) is 0 Å². The predicted octanol–water partition coefficient (Wildman–Crippen LogP) is 4.27. The Bertz CT molecular complexity index is 634. The van der Waals surface area contributed by atoms with Crippen molar-refractivity contribution >= 4 is 16.9 Å². The Balaban J connectivity index is 1.88. The fourth-order valence-corrected chi connectivity index (χ4v) is 2.36. The summed E-state index contributed by atoms with van der Waals surface area (Å²) in [6, 6.07) is 5.94. The molecule has 1 aromatic heterocycles. The first kappa shape index (κ1) is 15.5. The number of benzene rings is 1. The van der Waals surface area contributed by atoms with Crippen LogP contribution in [0.1, 0.15) is 51.0 Å². The number of rotatable bonds is 8. The number of aryl methyl sites for hydroxylation is 1. The standard InChI is InChI=1S/C17H24N2O2/c1-3-4-5-6-7-8-11-18-17-19-15-10-9-13(2)12-14(15)16(20)21-17/h9-10,12H,3-8,11H2,1-2H3,(H,18,19).